The summed E-state index contributed by atoms with van der Waals surface area (Å²) in [5, 5.41) is 0. The molecule has 7 heteroatoms. The number of carbonyl (C=O) groups excluding carboxylic acids is 1. The Balaban J connectivity index is 1.68. The smallest absolute Gasteiger partial charge is 0.254 e. The molecule has 1 aliphatic heterocycles. The Bertz CT molecular complexity index is 886. The number of hydrogen-bond donors (Lipinski definition) is 0. The van der Waals surface area contributed by atoms with E-state index in [0.717, 1.165) is 5.56 Å². The third-order valence-electron chi connectivity index (χ3n) is 4.50. The molecule has 1 saturated heterocycles. The first-order valence-electron chi connectivity index (χ1n) is 8.42. The number of hydrogen-bond acceptors (Lipinski definition) is 4. The number of methoxy groups -OCH3 is 1. The monoisotopic (exact) mass is 374 g/mol. The van der Waals surface area contributed by atoms with Crippen LogP contribution in [-0.2, 0) is 10.0 Å². The average Bonchev–Trinajstić information content (AvgIpc) is 2.68. The van der Waals surface area contributed by atoms with Crippen LogP contribution >= 0.6 is 0 Å². The van der Waals surface area contributed by atoms with Crippen LogP contribution in [0.15, 0.2) is 53.4 Å². The average molecular weight is 374 g/mol. The molecular weight excluding hydrogens is 352 g/mol. The molecular formula is C19H22N2O4S. The standard InChI is InChI=1S/C19H22N2O4S/c1-15-6-8-18(9-7-15)26(23,24)21-12-10-20(11-13-21)19(22)16-4-3-5-17(14-16)25-2/h3-9,14H,10-13H2,1-2H3. The molecule has 2 aromatic rings. The lowest BCUT2D eigenvalue weighted by Crippen LogP contribution is -2.50. The minimum absolute atomic E-state index is 0.115. The zero-order valence-corrected chi connectivity index (χ0v) is 15.7. The highest BCUT2D eigenvalue weighted by molar-refractivity contribution is 7.89. The van der Waals surface area contributed by atoms with Crippen molar-refractivity contribution < 1.29 is 17.9 Å². The highest BCUT2D eigenvalue weighted by Gasteiger charge is 2.30. The van der Waals surface area contributed by atoms with Gasteiger partial charge in [0.2, 0.25) is 10.0 Å². The molecule has 1 aliphatic rings. The molecule has 3 rings (SSSR count). The number of ether oxygens (including phenoxy) is 1. The van der Waals surface area contributed by atoms with Crippen molar-refractivity contribution in [3.8, 4) is 5.75 Å². The number of benzene rings is 2. The van der Waals surface area contributed by atoms with Gasteiger partial charge in [-0.05, 0) is 37.3 Å². The molecule has 138 valence electrons. The van der Waals surface area contributed by atoms with E-state index < -0.39 is 10.0 Å². The summed E-state index contributed by atoms with van der Waals surface area (Å²) in [6.45, 7) is 3.21. The second-order valence-corrected chi connectivity index (χ2v) is 8.18. The summed E-state index contributed by atoms with van der Waals surface area (Å²) in [7, 11) is -1.97. The second-order valence-electron chi connectivity index (χ2n) is 6.24. The third kappa shape index (κ3) is 3.73. The number of piperazine rings is 1. The first kappa shape index (κ1) is 18.4. The van der Waals surface area contributed by atoms with Gasteiger partial charge < -0.3 is 9.64 Å². The Hall–Kier alpha value is -2.38. The molecule has 0 aliphatic carbocycles. The maximum atomic E-state index is 12.7. The van der Waals surface area contributed by atoms with Crippen LogP contribution in [-0.4, -0.2) is 56.8 Å². The van der Waals surface area contributed by atoms with Crippen molar-refractivity contribution in [1.29, 1.82) is 0 Å². The highest BCUT2D eigenvalue weighted by atomic mass is 32.2. The predicted octanol–water partition coefficient (Wildman–Crippen LogP) is 2.15. The summed E-state index contributed by atoms with van der Waals surface area (Å²) >= 11 is 0. The molecule has 0 aromatic heterocycles. The zero-order valence-electron chi connectivity index (χ0n) is 14.9. The van der Waals surface area contributed by atoms with Crippen molar-refractivity contribution in [2.45, 2.75) is 11.8 Å². The topological polar surface area (TPSA) is 66.9 Å². The van der Waals surface area contributed by atoms with Crippen LogP contribution in [0.5, 0.6) is 5.75 Å². The van der Waals surface area contributed by atoms with Crippen LogP contribution in [0.1, 0.15) is 15.9 Å². The Morgan fingerprint density at radius 2 is 1.65 bits per heavy atom. The van der Waals surface area contributed by atoms with E-state index in [9.17, 15) is 13.2 Å². The second kappa shape index (κ2) is 7.47. The summed E-state index contributed by atoms with van der Waals surface area (Å²) in [5.74, 6) is 0.507. The van der Waals surface area contributed by atoms with Crippen LogP contribution in [0.3, 0.4) is 0 Å². The normalized spacial score (nSPS) is 15.7. The van der Waals surface area contributed by atoms with Gasteiger partial charge in [0.05, 0.1) is 12.0 Å². The maximum absolute atomic E-state index is 12.7. The molecule has 0 radical (unpaired) electrons. The minimum atomic E-state index is -3.53. The van der Waals surface area contributed by atoms with Crippen molar-refractivity contribution in [3.63, 3.8) is 0 Å². The summed E-state index contributed by atoms with van der Waals surface area (Å²) < 4.78 is 32.1. The van der Waals surface area contributed by atoms with E-state index in [2.05, 4.69) is 0 Å². The molecule has 0 saturated carbocycles. The molecule has 0 N–H and O–H groups in total. The fraction of sp³-hybridized carbons (Fsp3) is 0.316. The fourth-order valence-corrected chi connectivity index (χ4v) is 4.35. The van der Waals surface area contributed by atoms with Gasteiger partial charge in [-0.1, -0.05) is 23.8 Å². The van der Waals surface area contributed by atoms with Gasteiger partial charge in [-0.2, -0.15) is 4.31 Å². The zero-order chi connectivity index (χ0) is 18.7. The molecule has 0 unspecified atom stereocenters. The van der Waals surface area contributed by atoms with Gasteiger partial charge >= 0.3 is 0 Å². The lowest BCUT2D eigenvalue weighted by Gasteiger charge is -2.34. The van der Waals surface area contributed by atoms with Gasteiger partial charge in [0.15, 0.2) is 0 Å². The van der Waals surface area contributed by atoms with E-state index in [0.29, 0.717) is 24.4 Å². The van der Waals surface area contributed by atoms with Crippen LogP contribution in [0, 0.1) is 6.92 Å². The number of rotatable bonds is 4. The van der Waals surface area contributed by atoms with Gasteiger partial charge in [-0.25, -0.2) is 8.42 Å². The lowest BCUT2D eigenvalue weighted by molar-refractivity contribution is 0.0697. The van der Waals surface area contributed by atoms with Gasteiger partial charge in [-0.15, -0.1) is 0 Å². The first-order valence-corrected chi connectivity index (χ1v) is 9.86. The summed E-state index contributed by atoms with van der Waals surface area (Å²) in [6.07, 6.45) is 0. The number of amides is 1. The molecule has 2 aromatic carbocycles. The van der Waals surface area contributed by atoms with Crippen LogP contribution in [0.25, 0.3) is 0 Å². The maximum Gasteiger partial charge on any atom is 0.254 e. The summed E-state index contributed by atoms with van der Waals surface area (Å²) in [6, 6.07) is 13.8. The molecule has 0 atom stereocenters. The number of carbonyl (C=O) groups is 1. The number of nitrogens with zero attached hydrogens (tertiary/aromatic N) is 2. The van der Waals surface area contributed by atoms with Crippen LogP contribution < -0.4 is 4.74 Å². The van der Waals surface area contributed by atoms with Crippen molar-refractivity contribution in [1.82, 2.24) is 9.21 Å². The van der Waals surface area contributed by atoms with Gasteiger partial charge in [0.25, 0.3) is 5.91 Å². The highest BCUT2D eigenvalue weighted by Crippen LogP contribution is 2.20. The molecule has 1 amide bonds. The third-order valence-corrected chi connectivity index (χ3v) is 6.41. The van der Waals surface area contributed by atoms with E-state index in [4.69, 9.17) is 4.74 Å². The van der Waals surface area contributed by atoms with E-state index >= 15 is 0 Å². The molecule has 1 fully saturated rings. The van der Waals surface area contributed by atoms with Crippen molar-refractivity contribution in [2.24, 2.45) is 0 Å². The first-order chi connectivity index (χ1) is 12.4. The predicted molar refractivity (Wildman–Crippen MR) is 98.8 cm³/mol. The summed E-state index contributed by atoms with van der Waals surface area (Å²) in [5.41, 5.74) is 1.55. The van der Waals surface area contributed by atoms with Gasteiger partial charge in [0, 0.05) is 31.7 Å². The van der Waals surface area contributed by atoms with Gasteiger partial charge in [-0.3, -0.25) is 4.79 Å². The number of aryl methyl sites for hydroxylation is 1. The van der Waals surface area contributed by atoms with Crippen molar-refractivity contribution >= 4 is 15.9 Å². The van der Waals surface area contributed by atoms with E-state index in [1.165, 1.54) is 4.31 Å². The molecule has 1 heterocycles. The van der Waals surface area contributed by atoms with E-state index in [-0.39, 0.29) is 23.9 Å². The SMILES string of the molecule is COc1cccc(C(=O)N2CCN(S(=O)(=O)c3ccc(C)cc3)CC2)c1. The van der Waals surface area contributed by atoms with Gasteiger partial charge in [0.1, 0.15) is 5.75 Å². The quantitative estimate of drug-likeness (QED) is 0.822. The number of sulfonamides is 1. The lowest BCUT2D eigenvalue weighted by atomic mass is 10.1. The van der Waals surface area contributed by atoms with Crippen molar-refractivity contribution in [3.05, 3.63) is 59.7 Å². The molecule has 0 spiro atoms. The van der Waals surface area contributed by atoms with E-state index in [1.807, 2.05) is 6.92 Å². The summed E-state index contributed by atoms with van der Waals surface area (Å²) in [4.78, 5) is 14.6. The Kier molecular flexibility index (Phi) is 5.29. The fourth-order valence-electron chi connectivity index (χ4n) is 2.93. The molecule has 6 nitrogen and oxygen atoms in total. The van der Waals surface area contributed by atoms with E-state index in [1.54, 1.807) is 60.5 Å². The largest absolute Gasteiger partial charge is 0.497 e. The molecule has 26 heavy (non-hydrogen) atoms. The van der Waals surface area contributed by atoms with Crippen LogP contribution in [0.2, 0.25) is 0 Å². The van der Waals surface area contributed by atoms with Crippen molar-refractivity contribution in [2.75, 3.05) is 33.3 Å². The molecule has 0 bridgehead atoms. The minimum Gasteiger partial charge on any atom is -0.497 e. The van der Waals surface area contributed by atoms with Crippen LogP contribution in [0.4, 0.5) is 0 Å². The Morgan fingerprint density at radius 3 is 2.27 bits per heavy atom. The Morgan fingerprint density at radius 1 is 1.00 bits per heavy atom. The Labute approximate surface area is 154 Å².